The average molecular weight is 366 g/mol. The van der Waals surface area contributed by atoms with Crippen molar-refractivity contribution in [2.45, 2.75) is 43.3 Å². The molecule has 1 unspecified atom stereocenters. The fourth-order valence-electron chi connectivity index (χ4n) is 1.84. The van der Waals surface area contributed by atoms with Gasteiger partial charge in [-0.25, -0.2) is 0 Å². The summed E-state index contributed by atoms with van der Waals surface area (Å²) in [5.74, 6) is -0.170. The number of unbranched alkanes of at least 4 members (excludes halogenated alkanes) is 1. The van der Waals surface area contributed by atoms with E-state index >= 15 is 0 Å². The lowest BCUT2D eigenvalue weighted by Crippen LogP contribution is -2.22. The lowest BCUT2D eigenvalue weighted by molar-refractivity contribution is -0.384. The normalized spacial score (nSPS) is 11.9. The number of amides is 1. The molecule has 2 rings (SSSR count). The number of aromatic nitrogens is 2. The van der Waals surface area contributed by atoms with Gasteiger partial charge in [-0.15, -0.1) is 22.0 Å². The van der Waals surface area contributed by atoms with Gasteiger partial charge < -0.3 is 0 Å². The van der Waals surface area contributed by atoms with E-state index in [1.54, 1.807) is 19.1 Å². The van der Waals surface area contributed by atoms with Gasteiger partial charge in [-0.3, -0.25) is 20.2 Å². The monoisotopic (exact) mass is 366 g/mol. The Labute approximate surface area is 148 Å². The third-order valence-corrected chi connectivity index (χ3v) is 5.18. The van der Waals surface area contributed by atoms with E-state index in [0.29, 0.717) is 5.13 Å². The maximum absolute atomic E-state index is 12.2. The molecule has 0 spiro atoms. The second kappa shape index (κ2) is 8.74. The number of anilines is 1. The Morgan fingerprint density at radius 1 is 1.38 bits per heavy atom. The molecule has 1 amide bonds. The van der Waals surface area contributed by atoms with E-state index in [4.69, 9.17) is 0 Å². The maximum Gasteiger partial charge on any atom is 0.269 e. The van der Waals surface area contributed by atoms with Crippen molar-refractivity contribution in [3.8, 4) is 0 Å². The Balaban J connectivity index is 1.89. The highest BCUT2D eigenvalue weighted by Crippen LogP contribution is 2.26. The number of rotatable bonds is 8. The van der Waals surface area contributed by atoms with Crippen molar-refractivity contribution < 1.29 is 9.72 Å². The maximum atomic E-state index is 12.2. The largest absolute Gasteiger partial charge is 0.300 e. The first-order valence-corrected chi connectivity index (χ1v) is 9.23. The molecule has 128 valence electrons. The summed E-state index contributed by atoms with van der Waals surface area (Å²) >= 11 is 2.73. The van der Waals surface area contributed by atoms with Crippen LogP contribution in [0.4, 0.5) is 10.8 Å². The molecule has 1 heterocycles. The number of non-ortho nitro benzene ring substituents is 1. The van der Waals surface area contributed by atoms with Gasteiger partial charge in [-0.1, -0.05) is 24.7 Å². The van der Waals surface area contributed by atoms with Crippen LogP contribution >= 0.6 is 23.1 Å². The minimum atomic E-state index is -0.448. The number of hydrogen-bond acceptors (Lipinski definition) is 7. The van der Waals surface area contributed by atoms with Gasteiger partial charge in [0, 0.05) is 23.4 Å². The van der Waals surface area contributed by atoms with Gasteiger partial charge in [-0.05, 0) is 25.5 Å². The van der Waals surface area contributed by atoms with Crippen LogP contribution in [0.5, 0.6) is 0 Å². The van der Waals surface area contributed by atoms with Crippen LogP contribution in [-0.4, -0.2) is 26.3 Å². The minimum absolute atomic E-state index is 0.0323. The van der Waals surface area contributed by atoms with E-state index in [2.05, 4.69) is 22.4 Å². The summed E-state index contributed by atoms with van der Waals surface area (Å²) in [6.45, 7) is 3.89. The third kappa shape index (κ3) is 5.27. The molecule has 0 saturated heterocycles. The highest BCUT2D eigenvalue weighted by atomic mass is 32.2. The van der Waals surface area contributed by atoms with Crippen LogP contribution in [0.25, 0.3) is 0 Å². The highest BCUT2D eigenvalue weighted by Gasteiger charge is 2.17. The lowest BCUT2D eigenvalue weighted by Gasteiger charge is -2.09. The van der Waals surface area contributed by atoms with E-state index in [-0.39, 0.29) is 16.8 Å². The topological polar surface area (TPSA) is 98.0 Å². The summed E-state index contributed by atoms with van der Waals surface area (Å²) in [5, 5.41) is 22.5. The molecule has 2 aromatic rings. The number of nitrogens with one attached hydrogen (secondary N) is 1. The Bertz CT molecular complexity index is 703. The molecule has 0 aliphatic rings. The number of carbonyl (C=O) groups excluding carboxylic acids is 1. The molecular formula is C15H18N4O3S2. The Morgan fingerprint density at radius 3 is 2.71 bits per heavy atom. The quantitative estimate of drug-likeness (QED) is 0.432. The first-order valence-electron chi connectivity index (χ1n) is 7.54. The molecular weight excluding hydrogens is 348 g/mol. The van der Waals surface area contributed by atoms with Crippen molar-refractivity contribution >= 4 is 39.8 Å². The lowest BCUT2D eigenvalue weighted by atomic mass is 10.3. The molecule has 24 heavy (non-hydrogen) atoms. The SMILES string of the molecule is CCCCc1nnc(NC(=O)C(C)Sc2ccc([N+](=O)[O-])cc2)s1. The predicted molar refractivity (Wildman–Crippen MR) is 95.6 cm³/mol. The Kier molecular flexibility index (Phi) is 6.68. The second-order valence-corrected chi connectivity index (χ2v) is 7.58. The van der Waals surface area contributed by atoms with E-state index in [0.717, 1.165) is 29.2 Å². The molecule has 1 aromatic heterocycles. The summed E-state index contributed by atoms with van der Waals surface area (Å²) in [4.78, 5) is 23.2. The van der Waals surface area contributed by atoms with Gasteiger partial charge in [0.1, 0.15) is 5.01 Å². The molecule has 1 N–H and O–H groups in total. The molecule has 0 radical (unpaired) electrons. The summed E-state index contributed by atoms with van der Waals surface area (Å²) in [6.07, 6.45) is 3.01. The van der Waals surface area contributed by atoms with Gasteiger partial charge in [-0.2, -0.15) is 0 Å². The number of nitro groups is 1. The van der Waals surface area contributed by atoms with Crippen LogP contribution < -0.4 is 5.32 Å². The van der Waals surface area contributed by atoms with Crippen molar-refractivity contribution in [3.05, 3.63) is 39.4 Å². The van der Waals surface area contributed by atoms with E-state index < -0.39 is 4.92 Å². The smallest absolute Gasteiger partial charge is 0.269 e. The van der Waals surface area contributed by atoms with Gasteiger partial charge in [0.25, 0.3) is 5.69 Å². The average Bonchev–Trinajstić information content (AvgIpc) is 3.00. The molecule has 0 saturated carbocycles. The van der Waals surface area contributed by atoms with E-state index in [1.807, 2.05) is 0 Å². The molecule has 0 aliphatic heterocycles. The van der Waals surface area contributed by atoms with Crippen LogP contribution in [0.1, 0.15) is 31.7 Å². The molecule has 1 atom stereocenters. The standard InChI is InChI=1S/C15H18N4O3S2/c1-3-4-5-13-17-18-15(24-13)16-14(20)10(2)23-12-8-6-11(7-9-12)19(21)22/h6-10H,3-5H2,1-2H3,(H,16,18,20). The number of hydrogen-bond donors (Lipinski definition) is 1. The van der Waals surface area contributed by atoms with Gasteiger partial charge >= 0.3 is 0 Å². The zero-order valence-corrected chi connectivity index (χ0v) is 15.0. The number of aryl methyl sites for hydroxylation is 1. The van der Waals surface area contributed by atoms with Gasteiger partial charge in [0.15, 0.2) is 0 Å². The van der Waals surface area contributed by atoms with Crippen molar-refractivity contribution in [3.63, 3.8) is 0 Å². The summed E-state index contributed by atoms with van der Waals surface area (Å²) in [6, 6.07) is 6.14. The minimum Gasteiger partial charge on any atom is -0.300 e. The molecule has 0 bridgehead atoms. The van der Waals surface area contributed by atoms with Crippen molar-refractivity contribution in [2.24, 2.45) is 0 Å². The van der Waals surface area contributed by atoms with Gasteiger partial charge in [0.05, 0.1) is 10.2 Å². The number of nitrogens with zero attached hydrogens (tertiary/aromatic N) is 3. The number of nitro benzene ring substituents is 1. The number of thioether (sulfide) groups is 1. The van der Waals surface area contributed by atoms with Crippen LogP contribution in [-0.2, 0) is 11.2 Å². The van der Waals surface area contributed by atoms with Crippen molar-refractivity contribution in [2.75, 3.05) is 5.32 Å². The van der Waals surface area contributed by atoms with E-state index in [9.17, 15) is 14.9 Å². The Hall–Kier alpha value is -2.00. The molecule has 7 nitrogen and oxygen atoms in total. The second-order valence-electron chi connectivity index (χ2n) is 5.10. The summed E-state index contributed by atoms with van der Waals surface area (Å²) in [5.41, 5.74) is 0.0323. The fourth-order valence-corrected chi connectivity index (χ4v) is 3.50. The Morgan fingerprint density at radius 2 is 2.08 bits per heavy atom. The third-order valence-electron chi connectivity index (χ3n) is 3.17. The zero-order chi connectivity index (χ0) is 17.5. The van der Waals surface area contributed by atoms with Crippen LogP contribution in [0.2, 0.25) is 0 Å². The zero-order valence-electron chi connectivity index (χ0n) is 13.4. The van der Waals surface area contributed by atoms with Crippen LogP contribution in [0, 0.1) is 10.1 Å². The first kappa shape index (κ1) is 18.3. The molecule has 0 fully saturated rings. The summed E-state index contributed by atoms with van der Waals surface area (Å²) in [7, 11) is 0. The van der Waals surface area contributed by atoms with Crippen LogP contribution in [0.15, 0.2) is 29.2 Å². The van der Waals surface area contributed by atoms with Crippen molar-refractivity contribution in [1.82, 2.24) is 10.2 Å². The number of benzene rings is 1. The molecule has 1 aromatic carbocycles. The molecule has 0 aliphatic carbocycles. The fraction of sp³-hybridized carbons (Fsp3) is 0.400. The van der Waals surface area contributed by atoms with Crippen molar-refractivity contribution in [1.29, 1.82) is 0 Å². The van der Waals surface area contributed by atoms with Gasteiger partial charge in [0.2, 0.25) is 11.0 Å². The van der Waals surface area contributed by atoms with Crippen LogP contribution in [0.3, 0.4) is 0 Å². The van der Waals surface area contributed by atoms with E-state index in [1.165, 1.54) is 35.2 Å². The number of carbonyl (C=O) groups is 1. The summed E-state index contributed by atoms with van der Waals surface area (Å²) < 4.78 is 0. The molecule has 9 heteroatoms. The first-order chi connectivity index (χ1) is 11.5. The predicted octanol–water partition coefficient (Wildman–Crippen LogP) is 3.91. The highest BCUT2D eigenvalue weighted by molar-refractivity contribution is 8.00.